The number of carbonyl (C=O) groups is 1. The number of benzene rings is 2. The van der Waals surface area contributed by atoms with Gasteiger partial charge in [0.1, 0.15) is 5.82 Å². The van der Waals surface area contributed by atoms with Crippen LogP contribution >= 0.6 is 11.6 Å². The van der Waals surface area contributed by atoms with E-state index < -0.39 is 16.1 Å². The lowest BCUT2D eigenvalue weighted by molar-refractivity contribution is -0.120. The Morgan fingerprint density at radius 1 is 1.14 bits per heavy atom. The topological polar surface area (TPSA) is 102 Å². The van der Waals surface area contributed by atoms with Crippen LogP contribution in [0.25, 0.3) is 0 Å². The second-order valence-corrected chi connectivity index (χ2v) is 14.7. The molecule has 0 radical (unpaired) electrons. The van der Waals surface area contributed by atoms with E-state index in [1.54, 1.807) is 23.5 Å². The van der Waals surface area contributed by atoms with E-state index >= 15 is 4.39 Å². The van der Waals surface area contributed by atoms with Gasteiger partial charge in [0.05, 0.1) is 17.9 Å². The average molecular weight is 620 g/mol. The highest BCUT2D eigenvalue weighted by atomic mass is 35.5. The van der Waals surface area contributed by atoms with Crippen molar-refractivity contribution in [3.63, 3.8) is 0 Å². The molecular weight excluding hydrogens is 577 g/mol. The van der Waals surface area contributed by atoms with E-state index in [0.29, 0.717) is 48.5 Å². The second-order valence-electron chi connectivity index (χ2n) is 12.2. The standard InChI is InChI=1S/C32H43ClFN3O4S/c1-41-27-14-9-22(10-15-27)31(21-7-11-24(33)12-8-21)32(35)30(38)18-23-4-2-6-29(34)28(23)16-13-26-19-36-25-5-3-17-42(39,40)37(26)20-25/h2,4,6-8,11-12,22,25-27,31-32,36H,3,5,9-10,13-20,35H2,1H3/t22?,25-,26+,27?,31+,32-/m1/s1. The van der Waals surface area contributed by atoms with E-state index in [1.165, 1.54) is 6.07 Å². The van der Waals surface area contributed by atoms with E-state index in [4.69, 9.17) is 22.1 Å². The van der Waals surface area contributed by atoms with Crippen LogP contribution in [0.2, 0.25) is 5.02 Å². The van der Waals surface area contributed by atoms with Gasteiger partial charge in [0, 0.05) is 49.6 Å². The minimum Gasteiger partial charge on any atom is -0.381 e. The molecule has 5 rings (SSSR count). The zero-order valence-electron chi connectivity index (χ0n) is 24.3. The van der Waals surface area contributed by atoms with Gasteiger partial charge in [0.2, 0.25) is 10.0 Å². The fourth-order valence-electron chi connectivity index (χ4n) is 7.25. The van der Waals surface area contributed by atoms with Crippen molar-refractivity contribution in [1.29, 1.82) is 0 Å². The van der Waals surface area contributed by atoms with Crippen LogP contribution in [0.5, 0.6) is 0 Å². The Bertz CT molecular complexity index is 1330. The Hall–Kier alpha value is -1.88. The predicted octanol–water partition coefficient (Wildman–Crippen LogP) is 4.61. The van der Waals surface area contributed by atoms with Crippen LogP contribution in [-0.2, 0) is 32.4 Å². The number of nitrogens with zero attached hydrogens (tertiary/aromatic N) is 1. The van der Waals surface area contributed by atoms with Crippen molar-refractivity contribution in [3.05, 3.63) is 70.0 Å². The zero-order chi connectivity index (χ0) is 29.9. The van der Waals surface area contributed by atoms with Gasteiger partial charge in [-0.3, -0.25) is 4.79 Å². The molecule has 1 aliphatic carbocycles. The molecule has 2 bridgehead atoms. The van der Waals surface area contributed by atoms with Crippen molar-refractivity contribution in [2.45, 2.75) is 87.9 Å². The summed E-state index contributed by atoms with van der Waals surface area (Å²) in [5.41, 5.74) is 8.84. The van der Waals surface area contributed by atoms with Crippen LogP contribution in [-0.4, -0.2) is 68.7 Å². The van der Waals surface area contributed by atoms with Crippen LogP contribution in [0.1, 0.15) is 67.6 Å². The molecule has 2 heterocycles. The molecule has 5 atom stereocenters. The van der Waals surface area contributed by atoms with Crippen LogP contribution in [0.15, 0.2) is 42.5 Å². The van der Waals surface area contributed by atoms with E-state index in [0.717, 1.165) is 37.7 Å². The highest BCUT2D eigenvalue weighted by Crippen LogP contribution is 2.39. The molecule has 0 spiro atoms. The molecule has 1 unspecified atom stereocenters. The maximum absolute atomic E-state index is 15.2. The van der Waals surface area contributed by atoms with Crippen molar-refractivity contribution in [1.82, 2.24) is 9.62 Å². The van der Waals surface area contributed by atoms with Gasteiger partial charge < -0.3 is 15.8 Å². The Morgan fingerprint density at radius 3 is 2.60 bits per heavy atom. The number of hydrogen-bond acceptors (Lipinski definition) is 6. The average Bonchev–Trinajstić information content (AvgIpc) is 3.10. The molecule has 2 aromatic rings. The summed E-state index contributed by atoms with van der Waals surface area (Å²) in [5, 5.41) is 4.10. The lowest BCUT2D eigenvalue weighted by Crippen LogP contribution is -2.57. The number of rotatable bonds is 10. The highest BCUT2D eigenvalue weighted by Gasteiger charge is 2.38. The monoisotopic (exact) mass is 619 g/mol. The Morgan fingerprint density at radius 2 is 1.88 bits per heavy atom. The first kappa shape index (κ1) is 31.5. The van der Waals surface area contributed by atoms with E-state index in [-0.39, 0.29) is 53.8 Å². The maximum atomic E-state index is 15.2. The number of fused-ring (bicyclic) bond motifs is 2. The molecule has 230 valence electrons. The summed E-state index contributed by atoms with van der Waals surface area (Å²) < 4.78 is 48.2. The number of carbonyl (C=O) groups excluding carboxylic acids is 1. The molecule has 3 aliphatic rings. The molecule has 1 saturated carbocycles. The highest BCUT2D eigenvalue weighted by molar-refractivity contribution is 7.89. The van der Waals surface area contributed by atoms with Crippen LogP contribution in [0.3, 0.4) is 0 Å². The van der Waals surface area contributed by atoms with Gasteiger partial charge in [-0.25, -0.2) is 12.8 Å². The fraction of sp³-hybridized carbons (Fsp3) is 0.594. The van der Waals surface area contributed by atoms with Crippen LogP contribution in [0.4, 0.5) is 4.39 Å². The van der Waals surface area contributed by atoms with Gasteiger partial charge in [0.15, 0.2) is 5.78 Å². The van der Waals surface area contributed by atoms with Gasteiger partial charge >= 0.3 is 0 Å². The number of sulfonamides is 1. The van der Waals surface area contributed by atoms with E-state index in [2.05, 4.69) is 5.32 Å². The summed E-state index contributed by atoms with van der Waals surface area (Å²) in [4.78, 5) is 13.8. The number of hydrogen-bond donors (Lipinski definition) is 2. The molecule has 0 amide bonds. The molecular formula is C32H43ClFN3O4S. The number of nitrogens with two attached hydrogens (primary N) is 1. The molecule has 7 nitrogen and oxygen atoms in total. The van der Waals surface area contributed by atoms with Crippen LogP contribution < -0.4 is 11.1 Å². The SMILES string of the molecule is COC1CCC([C@H](c2ccc(Cl)cc2)[C@H](N)C(=O)Cc2cccc(F)c2CC[C@H]2CN[C@@H]3CCCS(=O)(=O)N2C3)CC1. The molecule has 3 fully saturated rings. The van der Waals surface area contributed by atoms with Crippen molar-refractivity contribution in [2.75, 3.05) is 26.0 Å². The first-order valence-corrected chi connectivity index (χ1v) is 17.2. The number of ether oxygens (including phenoxy) is 1. The normalized spacial score (nSPS) is 28.9. The number of halogens is 2. The maximum Gasteiger partial charge on any atom is 0.214 e. The third-order valence-corrected chi connectivity index (χ3v) is 11.9. The number of ketones is 1. The van der Waals surface area contributed by atoms with Crippen LogP contribution in [0, 0.1) is 11.7 Å². The first-order valence-electron chi connectivity index (χ1n) is 15.2. The minimum absolute atomic E-state index is 0.0266. The van der Waals surface area contributed by atoms with Gasteiger partial charge in [-0.15, -0.1) is 0 Å². The number of Topliss-reactive ketones (excluding diaryl/α,β-unsaturated/α-hetero) is 1. The summed E-state index contributed by atoms with van der Waals surface area (Å²) in [6, 6.07) is 11.6. The minimum atomic E-state index is -3.34. The number of methoxy groups -OCH3 is 1. The van der Waals surface area contributed by atoms with E-state index in [9.17, 15) is 13.2 Å². The largest absolute Gasteiger partial charge is 0.381 e. The molecule has 0 aromatic heterocycles. The Balaban J connectivity index is 1.32. The van der Waals surface area contributed by atoms with Gasteiger partial charge in [0.25, 0.3) is 0 Å². The lowest BCUT2D eigenvalue weighted by Gasteiger charge is -2.37. The van der Waals surface area contributed by atoms with Crippen molar-refractivity contribution in [2.24, 2.45) is 11.7 Å². The Kier molecular flexibility index (Phi) is 10.4. The first-order chi connectivity index (χ1) is 20.2. The Labute approximate surface area is 254 Å². The molecule has 2 aromatic carbocycles. The van der Waals surface area contributed by atoms with Gasteiger partial charge in [-0.1, -0.05) is 35.9 Å². The van der Waals surface area contributed by atoms with Crippen molar-refractivity contribution < 1.29 is 22.3 Å². The van der Waals surface area contributed by atoms with Gasteiger partial charge in [-0.2, -0.15) is 4.31 Å². The predicted molar refractivity (Wildman–Crippen MR) is 164 cm³/mol. The molecule has 3 N–H and O–H groups in total. The fourth-order valence-corrected chi connectivity index (χ4v) is 9.18. The molecule has 2 aliphatic heterocycles. The third-order valence-electron chi connectivity index (χ3n) is 9.64. The van der Waals surface area contributed by atoms with Crippen molar-refractivity contribution >= 4 is 27.4 Å². The zero-order valence-corrected chi connectivity index (χ0v) is 25.9. The molecule has 42 heavy (non-hydrogen) atoms. The summed E-state index contributed by atoms with van der Waals surface area (Å²) >= 11 is 6.17. The molecule has 10 heteroatoms. The van der Waals surface area contributed by atoms with E-state index in [1.807, 2.05) is 24.3 Å². The third kappa shape index (κ3) is 7.25. The quantitative estimate of drug-likeness (QED) is 0.403. The smallest absolute Gasteiger partial charge is 0.214 e. The summed E-state index contributed by atoms with van der Waals surface area (Å²) in [5.74, 6) is -0.309. The second kappa shape index (κ2) is 13.8. The number of piperazine rings is 1. The summed E-state index contributed by atoms with van der Waals surface area (Å²) in [7, 11) is -1.60. The summed E-state index contributed by atoms with van der Waals surface area (Å²) in [6.07, 6.45) is 6.22. The van der Waals surface area contributed by atoms with Crippen molar-refractivity contribution in [3.8, 4) is 0 Å². The van der Waals surface area contributed by atoms with Gasteiger partial charge in [-0.05, 0) is 92.2 Å². The lowest BCUT2D eigenvalue weighted by atomic mass is 9.71. The summed E-state index contributed by atoms with van der Waals surface area (Å²) in [6.45, 7) is 1.01. The number of nitrogens with one attached hydrogen (secondary N) is 1. The molecule has 2 saturated heterocycles.